The first-order chi connectivity index (χ1) is 4.25. The fourth-order valence-corrected chi connectivity index (χ4v) is 1.55. The Hall–Kier alpha value is -0.360. The van der Waals surface area contributed by atoms with Crippen molar-refractivity contribution in [1.82, 2.24) is 0 Å². The van der Waals surface area contributed by atoms with Crippen molar-refractivity contribution < 1.29 is 4.79 Å². The third-order valence-electron chi connectivity index (χ3n) is 1.53. The molecule has 1 fully saturated rings. The molecule has 0 bridgehead atoms. The molecule has 9 heavy (non-hydrogen) atoms. The fourth-order valence-electron chi connectivity index (χ4n) is 0.936. The van der Waals surface area contributed by atoms with Gasteiger partial charge >= 0.3 is 0 Å². The zero-order valence-electron chi connectivity index (χ0n) is 4.80. The normalized spacial score (nSPS) is 34.4. The number of ketones is 1. The zero-order valence-corrected chi connectivity index (χ0v) is 6.39. The zero-order chi connectivity index (χ0) is 6.85. The van der Waals surface area contributed by atoms with Crippen LogP contribution in [0.5, 0.6) is 0 Å². The first-order valence-electron chi connectivity index (χ1n) is 2.82. The van der Waals surface area contributed by atoms with Crippen LogP contribution in [-0.4, -0.2) is 10.6 Å². The minimum Gasteiger partial charge on any atom is -0.298 e. The SMILES string of the molecule is N#C[C@H]1CCC(=O)[C@H]1Br. The number of hydrogen-bond donors (Lipinski definition) is 0. The molecule has 2 atom stereocenters. The lowest BCUT2D eigenvalue weighted by atomic mass is 10.1. The Morgan fingerprint density at radius 3 is 2.67 bits per heavy atom. The molecule has 1 saturated carbocycles. The van der Waals surface area contributed by atoms with Crippen molar-refractivity contribution in [3.8, 4) is 6.07 Å². The molecule has 0 radical (unpaired) electrons. The number of nitrogens with zero attached hydrogens (tertiary/aromatic N) is 1. The number of hydrogen-bond acceptors (Lipinski definition) is 2. The van der Waals surface area contributed by atoms with E-state index in [-0.39, 0.29) is 16.5 Å². The van der Waals surface area contributed by atoms with Crippen molar-refractivity contribution in [3.05, 3.63) is 0 Å². The van der Waals surface area contributed by atoms with Crippen LogP contribution < -0.4 is 0 Å². The van der Waals surface area contributed by atoms with Crippen LogP contribution in [0.3, 0.4) is 0 Å². The van der Waals surface area contributed by atoms with Gasteiger partial charge in [0, 0.05) is 6.42 Å². The van der Waals surface area contributed by atoms with Gasteiger partial charge in [0.2, 0.25) is 0 Å². The second-order valence-corrected chi connectivity index (χ2v) is 3.13. The quantitative estimate of drug-likeness (QED) is 0.536. The van der Waals surface area contributed by atoms with E-state index in [4.69, 9.17) is 5.26 Å². The van der Waals surface area contributed by atoms with Crippen molar-refractivity contribution in [3.63, 3.8) is 0 Å². The van der Waals surface area contributed by atoms with E-state index in [1.54, 1.807) is 0 Å². The Morgan fingerprint density at radius 1 is 1.78 bits per heavy atom. The predicted molar refractivity (Wildman–Crippen MR) is 36.1 cm³/mol. The molecular formula is C6H6BrNO. The number of alkyl halides is 1. The van der Waals surface area contributed by atoms with Gasteiger partial charge in [-0.3, -0.25) is 4.79 Å². The van der Waals surface area contributed by atoms with Crippen molar-refractivity contribution in [2.45, 2.75) is 17.7 Å². The van der Waals surface area contributed by atoms with E-state index in [0.29, 0.717) is 6.42 Å². The summed E-state index contributed by atoms with van der Waals surface area (Å²) in [6, 6.07) is 2.08. The molecule has 1 rings (SSSR count). The second kappa shape index (κ2) is 2.49. The van der Waals surface area contributed by atoms with Crippen LogP contribution in [0.2, 0.25) is 0 Å². The number of nitriles is 1. The molecular weight excluding hydrogens is 182 g/mol. The maximum Gasteiger partial charge on any atom is 0.147 e. The largest absolute Gasteiger partial charge is 0.298 e. The summed E-state index contributed by atoms with van der Waals surface area (Å²) in [6.45, 7) is 0. The van der Waals surface area contributed by atoms with Crippen molar-refractivity contribution in [2.75, 3.05) is 0 Å². The molecule has 0 spiro atoms. The highest BCUT2D eigenvalue weighted by molar-refractivity contribution is 9.10. The van der Waals surface area contributed by atoms with E-state index in [2.05, 4.69) is 22.0 Å². The number of Topliss-reactive ketones (excluding diaryl/α,β-unsaturated/α-hetero) is 1. The van der Waals surface area contributed by atoms with Crippen molar-refractivity contribution in [1.29, 1.82) is 5.26 Å². The summed E-state index contributed by atoms with van der Waals surface area (Å²) in [7, 11) is 0. The Kier molecular flexibility index (Phi) is 1.87. The molecule has 2 nitrogen and oxygen atoms in total. The lowest BCUT2D eigenvalue weighted by Gasteiger charge is -1.98. The smallest absolute Gasteiger partial charge is 0.147 e. The van der Waals surface area contributed by atoms with Crippen LogP contribution in [0.4, 0.5) is 0 Å². The first kappa shape index (κ1) is 6.76. The van der Waals surface area contributed by atoms with Crippen molar-refractivity contribution in [2.24, 2.45) is 5.92 Å². The van der Waals surface area contributed by atoms with Crippen LogP contribution in [-0.2, 0) is 4.79 Å². The second-order valence-electron chi connectivity index (χ2n) is 2.14. The minimum atomic E-state index is -0.192. The third kappa shape index (κ3) is 1.13. The molecule has 0 heterocycles. The highest BCUT2D eigenvalue weighted by Gasteiger charge is 2.31. The topological polar surface area (TPSA) is 40.9 Å². The molecule has 48 valence electrons. The molecule has 0 N–H and O–H groups in total. The average Bonchev–Trinajstić information content (AvgIpc) is 2.15. The molecule has 0 aromatic rings. The Labute approximate surface area is 62.0 Å². The highest BCUT2D eigenvalue weighted by Crippen LogP contribution is 2.27. The molecule has 0 aromatic carbocycles. The van der Waals surface area contributed by atoms with Gasteiger partial charge in [-0.25, -0.2) is 0 Å². The van der Waals surface area contributed by atoms with Gasteiger partial charge in [-0.2, -0.15) is 5.26 Å². The van der Waals surface area contributed by atoms with Gasteiger partial charge in [0.1, 0.15) is 5.78 Å². The summed E-state index contributed by atoms with van der Waals surface area (Å²) >= 11 is 3.16. The maximum absolute atomic E-state index is 10.7. The molecule has 1 aliphatic carbocycles. The van der Waals surface area contributed by atoms with Crippen LogP contribution in [0, 0.1) is 17.2 Å². The van der Waals surface area contributed by atoms with E-state index in [0.717, 1.165) is 6.42 Å². The van der Waals surface area contributed by atoms with Crippen LogP contribution in [0.25, 0.3) is 0 Å². The van der Waals surface area contributed by atoms with Crippen LogP contribution in [0.1, 0.15) is 12.8 Å². The molecule has 0 aliphatic heterocycles. The van der Waals surface area contributed by atoms with Gasteiger partial charge in [-0.1, -0.05) is 15.9 Å². The van der Waals surface area contributed by atoms with Gasteiger partial charge < -0.3 is 0 Å². The van der Waals surface area contributed by atoms with E-state index in [9.17, 15) is 4.79 Å². The van der Waals surface area contributed by atoms with Crippen molar-refractivity contribution >= 4 is 21.7 Å². The summed E-state index contributed by atoms with van der Waals surface area (Å²) in [5, 5.41) is 8.42. The Balaban J connectivity index is 2.64. The predicted octanol–water partition coefficient (Wildman–Crippen LogP) is 1.25. The number of carbonyl (C=O) groups excluding carboxylic acids is 1. The third-order valence-corrected chi connectivity index (χ3v) is 2.68. The summed E-state index contributed by atoms with van der Waals surface area (Å²) in [5.41, 5.74) is 0. The lowest BCUT2D eigenvalue weighted by Crippen LogP contribution is -2.11. The Bertz CT molecular complexity index is 172. The van der Waals surface area contributed by atoms with Crippen LogP contribution >= 0.6 is 15.9 Å². The Morgan fingerprint density at radius 2 is 2.44 bits per heavy atom. The van der Waals surface area contributed by atoms with E-state index < -0.39 is 0 Å². The summed E-state index contributed by atoms with van der Waals surface area (Å²) < 4.78 is 0. The standard InChI is InChI=1S/C6H6BrNO/c7-6-4(3-8)1-2-5(6)9/h4,6H,1-2H2/t4-,6+/m1/s1. The first-order valence-corrected chi connectivity index (χ1v) is 3.73. The molecule has 0 saturated heterocycles. The van der Waals surface area contributed by atoms with Gasteiger partial charge in [0.15, 0.2) is 0 Å². The lowest BCUT2D eigenvalue weighted by molar-refractivity contribution is -0.116. The van der Waals surface area contributed by atoms with Crippen LogP contribution in [0.15, 0.2) is 0 Å². The molecule has 3 heteroatoms. The highest BCUT2D eigenvalue weighted by atomic mass is 79.9. The molecule has 0 amide bonds. The van der Waals surface area contributed by atoms with Gasteiger partial charge in [0.05, 0.1) is 16.8 Å². The molecule has 1 aliphatic rings. The maximum atomic E-state index is 10.7. The van der Waals surface area contributed by atoms with E-state index in [1.165, 1.54) is 0 Å². The van der Waals surface area contributed by atoms with E-state index in [1.807, 2.05) is 0 Å². The number of carbonyl (C=O) groups is 1. The van der Waals surface area contributed by atoms with Gasteiger partial charge in [0.25, 0.3) is 0 Å². The van der Waals surface area contributed by atoms with E-state index >= 15 is 0 Å². The summed E-state index contributed by atoms with van der Waals surface area (Å²) in [5.74, 6) is 0.0825. The average molecular weight is 188 g/mol. The molecule has 0 aromatic heterocycles. The summed E-state index contributed by atoms with van der Waals surface area (Å²) in [6.07, 6.45) is 1.29. The monoisotopic (exact) mass is 187 g/mol. The number of rotatable bonds is 0. The van der Waals surface area contributed by atoms with Gasteiger partial charge in [-0.15, -0.1) is 0 Å². The van der Waals surface area contributed by atoms with Gasteiger partial charge in [-0.05, 0) is 6.42 Å². The fraction of sp³-hybridized carbons (Fsp3) is 0.667. The summed E-state index contributed by atoms with van der Waals surface area (Å²) in [4.78, 5) is 10.6. The molecule has 0 unspecified atom stereocenters. The number of halogens is 1. The minimum absolute atomic E-state index is 0.0856.